The Morgan fingerprint density at radius 1 is 1.24 bits per heavy atom. The number of thiazole rings is 1. The second kappa shape index (κ2) is 7.74. The number of rotatable bonds is 5. The molecule has 29 heavy (non-hydrogen) atoms. The van der Waals surface area contributed by atoms with Crippen molar-refractivity contribution in [1.82, 2.24) is 19.8 Å². The predicted octanol–water partition coefficient (Wildman–Crippen LogP) is 4.76. The van der Waals surface area contributed by atoms with Crippen LogP contribution in [0.1, 0.15) is 18.4 Å². The molecule has 0 unspecified atom stereocenters. The number of ether oxygens (including phenoxy) is 1. The number of pyridine rings is 1. The van der Waals surface area contributed by atoms with Gasteiger partial charge in [-0.1, -0.05) is 11.3 Å². The van der Waals surface area contributed by atoms with Crippen LogP contribution in [0.5, 0.6) is 10.9 Å². The molecule has 4 heterocycles. The van der Waals surface area contributed by atoms with E-state index in [1.54, 1.807) is 6.20 Å². The Balaban J connectivity index is 1.29. The summed E-state index contributed by atoms with van der Waals surface area (Å²) >= 11 is 1.49. The Labute approximate surface area is 173 Å². The van der Waals surface area contributed by atoms with Gasteiger partial charge in [0, 0.05) is 35.8 Å². The monoisotopic (exact) mass is 408 g/mol. The van der Waals surface area contributed by atoms with Crippen LogP contribution in [-0.2, 0) is 6.54 Å². The van der Waals surface area contributed by atoms with Gasteiger partial charge in [-0.2, -0.15) is 4.98 Å². The number of hydrogen-bond acceptors (Lipinski definition) is 7. The van der Waals surface area contributed by atoms with Crippen LogP contribution < -0.4 is 4.74 Å². The normalized spacial score (nSPS) is 16.2. The zero-order valence-corrected chi connectivity index (χ0v) is 17.5. The first kappa shape index (κ1) is 18.5. The van der Waals surface area contributed by atoms with E-state index in [-0.39, 0.29) is 0 Å². The van der Waals surface area contributed by atoms with Crippen molar-refractivity contribution in [1.29, 1.82) is 0 Å². The van der Waals surface area contributed by atoms with Gasteiger partial charge in [0.15, 0.2) is 5.65 Å². The second-order valence-electron chi connectivity index (χ2n) is 7.80. The minimum atomic E-state index is 0.591. The summed E-state index contributed by atoms with van der Waals surface area (Å²) < 4.78 is 12.8. The third-order valence-corrected chi connectivity index (χ3v) is 6.55. The molecule has 7 heteroatoms. The smallest absolute Gasteiger partial charge is 0.281 e. The summed E-state index contributed by atoms with van der Waals surface area (Å²) in [6, 6.07) is 10.6. The molecular formula is C22H24N4O2S. The molecule has 1 aromatic carbocycles. The summed E-state index contributed by atoms with van der Waals surface area (Å²) in [5.74, 6) is 0.726. The number of fused-ring (bicyclic) bond motifs is 2. The molecule has 0 atom stereocenters. The lowest BCUT2D eigenvalue weighted by atomic mass is 10.0. The highest BCUT2D eigenvalue weighted by Gasteiger charge is 2.21. The first-order valence-electron chi connectivity index (χ1n) is 9.94. The van der Waals surface area contributed by atoms with E-state index in [9.17, 15) is 0 Å². The third kappa shape index (κ3) is 3.85. The molecule has 1 fully saturated rings. The molecule has 0 bridgehead atoms. The van der Waals surface area contributed by atoms with Gasteiger partial charge in [0.25, 0.3) is 5.19 Å². The number of furan rings is 1. The van der Waals surface area contributed by atoms with Gasteiger partial charge in [-0.3, -0.25) is 4.90 Å². The van der Waals surface area contributed by atoms with Gasteiger partial charge in [-0.05, 0) is 64.3 Å². The highest BCUT2D eigenvalue weighted by molar-refractivity contribution is 7.20. The second-order valence-corrected chi connectivity index (χ2v) is 8.79. The van der Waals surface area contributed by atoms with Crippen molar-refractivity contribution < 1.29 is 9.15 Å². The molecule has 1 aliphatic rings. The van der Waals surface area contributed by atoms with E-state index in [4.69, 9.17) is 9.15 Å². The zero-order valence-electron chi connectivity index (χ0n) is 16.7. The summed E-state index contributed by atoms with van der Waals surface area (Å²) in [7, 11) is 4.35. The van der Waals surface area contributed by atoms with Crippen LogP contribution in [-0.4, -0.2) is 53.0 Å². The van der Waals surface area contributed by atoms with Gasteiger partial charge in [0.05, 0.1) is 11.0 Å². The molecule has 0 N–H and O–H groups in total. The highest BCUT2D eigenvalue weighted by Crippen LogP contribution is 2.33. The Morgan fingerprint density at radius 3 is 2.90 bits per heavy atom. The maximum Gasteiger partial charge on any atom is 0.281 e. The number of hydrogen-bond donors (Lipinski definition) is 0. The average Bonchev–Trinajstić information content (AvgIpc) is 3.31. The van der Waals surface area contributed by atoms with E-state index in [1.165, 1.54) is 29.7 Å². The summed E-state index contributed by atoms with van der Waals surface area (Å²) in [5.41, 5.74) is 2.80. The Morgan fingerprint density at radius 2 is 2.10 bits per heavy atom. The molecule has 0 amide bonds. The minimum Gasteiger partial charge on any atom is -0.464 e. The molecule has 0 saturated carbocycles. The fourth-order valence-electron chi connectivity index (χ4n) is 3.98. The van der Waals surface area contributed by atoms with Crippen LogP contribution in [0.2, 0.25) is 0 Å². The van der Waals surface area contributed by atoms with Crippen molar-refractivity contribution in [3.8, 4) is 10.9 Å². The molecule has 3 aromatic heterocycles. The molecule has 5 rings (SSSR count). The van der Waals surface area contributed by atoms with Crippen LogP contribution in [0.25, 0.3) is 21.3 Å². The SMILES string of the molecule is CN(C)C1CCN(Cc2coc3cc(Oc4nc5ncccc5s4)ccc23)CC1. The van der Waals surface area contributed by atoms with Crippen LogP contribution in [0.15, 0.2) is 47.2 Å². The number of benzene rings is 1. The van der Waals surface area contributed by atoms with Crippen LogP contribution in [0, 0.1) is 0 Å². The van der Waals surface area contributed by atoms with E-state index in [0.29, 0.717) is 16.9 Å². The maximum atomic E-state index is 5.96. The number of nitrogens with zero attached hydrogens (tertiary/aromatic N) is 4. The van der Waals surface area contributed by atoms with Crippen LogP contribution in [0.3, 0.4) is 0 Å². The lowest BCUT2D eigenvalue weighted by Crippen LogP contribution is -2.41. The lowest BCUT2D eigenvalue weighted by molar-refractivity contribution is 0.140. The van der Waals surface area contributed by atoms with Crippen molar-refractivity contribution in [3.63, 3.8) is 0 Å². The number of likely N-dealkylation sites (tertiary alicyclic amines) is 1. The van der Waals surface area contributed by atoms with E-state index in [2.05, 4.69) is 39.9 Å². The Bertz CT molecular complexity index is 1100. The molecule has 0 radical (unpaired) electrons. The minimum absolute atomic E-state index is 0.591. The first-order chi connectivity index (χ1) is 14.2. The van der Waals surface area contributed by atoms with Crippen molar-refractivity contribution in [2.24, 2.45) is 0 Å². The summed E-state index contributed by atoms with van der Waals surface area (Å²) in [6.45, 7) is 3.18. The highest BCUT2D eigenvalue weighted by atomic mass is 32.1. The fourth-order valence-corrected chi connectivity index (χ4v) is 4.77. The first-order valence-corrected chi connectivity index (χ1v) is 10.8. The lowest BCUT2D eigenvalue weighted by Gasteiger charge is -2.35. The molecule has 0 spiro atoms. The summed E-state index contributed by atoms with van der Waals surface area (Å²) in [5, 5.41) is 1.74. The van der Waals surface area contributed by atoms with E-state index in [1.807, 2.05) is 30.5 Å². The van der Waals surface area contributed by atoms with Crippen molar-refractivity contribution in [3.05, 3.63) is 48.4 Å². The van der Waals surface area contributed by atoms with Gasteiger partial charge in [-0.15, -0.1) is 0 Å². The zero-order chi connectivity index (χ0) is 19.8. The molecule has 0 aliphatic carbocycles. The number of piperidine rings is 1. The van der Waals surface area contributed by atoms with Gasteiger partial charge < -0.3 is 14.1 Å². The molecule has 150 valence electrons. The van der Waals surface area contributed by atoms with Crippen molar-refractivity contribution >= 4 is 32.7 Å². The fraction of sp³-hybridized carbons (Fsp3) is 0.364. The van der Waals surface area contributed by atoms with Gasteiger partial charge in [0.2, 0.25) is 0 Å². The molecular weight excluding hydrogens is 384 g/mol. The Kier molecular flexibility index (Phi) is 4.95. The molecule has 6 nitrogen and oxygen atoms in total. The molecule has 4 aromatic rings. The Hall–Kier alpha value is -2.48. The van der Waals surface area contributed by atoms with E-state index in [0.717, 1.165) is 41.1 Å². The maximum absolute atomic E-state index is 5.96. The molecule has 1 saturated heterocycles. The topological polar surface area (TPSA) is 54.6 Å². The molecule has 1 aliphatic heterocycles. The van der Waals surface area contributed by atoms with Gasteiger partial charge >= 0.3 is 0 Å². The third-order valence-electron chi connectivity index (χ3n) is 5.66. The summed E-state index contributed by atoms with van der Waals surface area (Å²) in [6.07, 6.45) is 6.06. The predicted molar refractivity (Wildman–Crippen MR) is 116 cm³/mol. The van der Waals surface area contributed by atoms with E-state index < -0.39 is 0 Å². The summed E-state index contributed by atoms with van der Waals surface area (Å²) in [4.78, 5) is 13.6. The van der Waals surface area contributed by atoms with Crippen LogP contribution >= 0.6 is 11.3 Å². The van der Waals surface area contributed by atoms with E-state index >= 15 is 0 Å². The standard InChI is InChI=1S/C22H24N4O2S/c1-25(2)16-7-10-26(11-8-16)13-15-14-27-19-12-17(5-6-18(15)19)28-22-24-21-20(29-22)4-3-9-23-21/h3-6,9,12,14,16H,7-8,10-11,13H2,1-2H3. The van der Waals surface area contributed by atoms with Crippen LogP contribution in [0.4, 0.5) is 0 Å². The van der Waals surface area contributed by atoms with Gasteiger partial charge in [-0.25, -0.2) is 4.98 Å². The quantitative estimate of drug-likeness (QED) is 0.475. The van der Waals surface area contributed by atoms with Gasteiger partial charge in [0.1, 0.15) is 11.3 Å². The average molecular weight is 409 g/mol. The van der Waals surface area contributed by atoms with Crippen molar-refractivity contribution in [2.75, 3.05) is 27.2 Å². The largest absolute Gasteiger partial charge is 0.464 e. The number of aromatic nitrogens is 2. The van der Waals surface area contributed by atoms with Crippen molar-refractivity contribution in [2.45, 2.75) is 25.4 Å².